The Labute approximate surface area is 73.2 Å². The molecule has 1 N–H and O–H groups in total. The third kappa shape index (κ3) is 1.18. The van der Waals surface area contributed by atoms with Gasteiger partial charge in [-0.1, -0.05) is 11.2 Å². The number of hydrogen-bond donors (Lipinski definition) is 1. The number of aromatic nitrogens is 2. The van der Waals surface area contributed by atoms with E-state index in [2.05, 4.69) is 15.5 Å². The predicted molar refractivity (Wildman–Crippen MR) is 47.2 cm³/mol. The summed E-state index contributed by atoms with van der Waals surface area (Å²) in [6.07, 6.45) is 0. The van der Waals surface area contributed by atoms with E-state index in [9.17, 15) is 0 Å². The molecule has 0 aliphatic carbocycles. The second-order valence-corrected chi connectivity index (χ2v) is 3.09. The van der Waals surface area contributed by atoms with Crippen molar-refractivity contribution in [1.29, 1.82) is 0 Å². The molecule has 0 amide bonds. The van der Waals surface area contributed by atoms with Gasteiger partial charge in [0.15, 0.2) is 0 Å². The molecule has 4 nitrogen and oxygen atoms in total. The largest absolute Gasteiger partial charge is 0.403 e. The molecule has 2 heterocycles. The number of nitrogens with one attached hydrogen (secondary N) is 1. The van der Waals surface area contributed by atoms with Crippen LogP contribution in [0.3, 0.4) is 0 Å². The van der Waals surface area contributed by atoms with Gasteiger partial charge in [-0.3, -0.25) is 0 Å². The Balaban J connectivity index is 2.35. The predicted octanol–water partition coefficient (Wildman–Crippen LogP) is 1.84. The molecule has 2 aromatic heterocycles. The fourth-order valence-corrected chi connectivity index (χ4v) is 1.47. The molecule has 2 rings (SSSR count). The van der Waals surface area contributed by atoms with Crippen molar-refractivity contribution < 1.29 is 4.42 Å². The van der Waals surface area contributed by atoms with E-state index < -0.39 is 0 Å². The van der Waals surface area contributed by atoms with Crippen molar-refractivity contribution in [3.63, 3.8) is 0 Å². The molecule has 0 atom stereocenters. The van der Waals surface area contributed by atoms with Crippen LogP contribution in [-0.4, -0.2) is 17.2 Å². The highest BCUT2D eigenvalue weighted by Crippen LogP contribution is 2.23. The van der Waals surface area contributed by atoms with Crippen LogP contribution in [0.1, 0.15) is 0 Å². The van der Waals surface area contributed by atoms with Crippen LogP contribution < -0.4 is 5.32 Å². The van der Waals surface area contributed by atoms with Crippen molar-refractivity contribution in [1.82, 2.24) is 10.2 Å². The van der Waals surface area contributed by atoms with Crippen molar-refractivity contribution in [2.24, 2.45) is 0 Å². The first-order valence-electron chi connectivity index (χ1n) is 3.45. The third-order valence-corrected chi connectivity index (χ3v) is 2.23. The van der Waals surface area contributed by atoms with E-state index in [0.717, 1.165) is 4.88 Å². The SMILES string of the molecule is CNc1nnc(-c2cccs2)o1. The summed E-state index contributed by atoms with van der Waals surface area (Å²) in [6, 6.07) is 4.33. The minimum absolute atomic E-state index is 0.443. The molecule has 0 aliphatic heterocycles. The van der Waals surface area contributed by atoms with Crippen LogP contribution in [0.2, 0.25) is 0 Å². The summed E-state index contributed by atoms with van der Waals surface area (Å²) in [5.41, 5.74) is 0. The maximum Gasteiger partial charge on any atom is 0.315 e. The van der Waals surface area contributed by atoms with E-state index in [1.54, 1.807) is 18.4 Å². The van der Waals surface area contributed by atoms with Crippen molar-refractivity contribution in [3.8, 4) is 10.8 Å². The fourth-order valence-electron chi connectivity index (χ4n) is 0.824. The Morgan fingerprint density at radius 1 is 1.50 bits per heavy atom. The molecular formula is C7H7N3OS. The normalized spacial score (nSPS) is 10.1. The molecule has 0 spiro atoms. The number of hydrogen-bond acceptors (Lipinski definition) is 5. The number of thiophene rings is 1. The summed E-state index contributed by atoms with van der Waals surface area (Å²) in [5.74, 6) is 0.564. The molecule has 0 aliphatic rings. The molecule has 5 heteroatoms. The summed E-state index contributed by atoms with van der Waals surface area (Å²) >= 11 is 1.58. The van der Waals surface area contributed by atoms with E-state index >= 15 is 0 Å². The average Bonchev–Trinajstić information content (AvgIpc) is 2.75. The molecule has 0 saturated carbocycles. The van der Waals surface area contributed by atoms with Crippen molar-refractivity contribution in [3.05, 3.63) is 17.5 Å². The molecule has 12 heavy (non-hydrogen) atoms. The van der Waals surface area contributed by atoms with E-state index in [1.807, 2.05) is 17.5 Å². The average molecular weight is 181 g/mol. The van der Waals surface area contributed by atoms with E-state index in [-0.39, 0.29) is 0 Å². The summed E-state index contributed by atoms with van der Waals surface area (Å²) in [5, 5.41) is 12.4. The lowest BCUT2D eigenvalue weighted by Crippen LogP contribution is -1.85. The number of rotatable bonds is 2. The zero-order valence-corrected chi connectivity index (χ0v) is 7.26. The number of nitrogens with zero attached hydrogens (tertiary/aromatic N) is 2. The van der Waals surface area contributed by atoms with Gasteiger partial charge in [0.2, 0.25) is 0 Å². The topological polar surface area (TPSA) is 51.0 Å². The Morgan fingerprint density at radius 2 is 2.42 bits per heavy atom. The monoisotopic (exact) mass is 181 g/mol. The first kappa shape index (κ1) is 7.30. The van der Waals surface area contributed by atoms with Gasteiger partial charge in [0.05, 0.1) is 4.88 Å². The first-order chi connectivity index (χ1) is 5.90. The molecular weight excluding hydrogens is 174 g/mol. The highest BCUT2D eigenvalue weighted by atomic mass is 32.1. The van der Waals surface area contributed by atoms with Gasteiger partial charge >= 0.3 is 6.01 Å². The summed E-state index contributed by atoms with van der Waals surface area (Å²) in [4.78, 5) is 0.990. The number of anilines is 1. The lowest BCUT2D eigenvalue weighted by atomic mass is 10.5. The second-order valence-electron chi connectivity index (χ2n) is 2.14. The highest BCUT2D eigenvalue weighted by Gasteiger charge is 2.06. The van der Waals surface area contributed by atoms with Crippen LogP contribution in [0.15, 0.2) is 21.9 Å². The fraction of sp³-hybridized carbons (Fsp3) is 0.143. The minimum Gasteiger partial charge on any atom is -0.403 e. The van der Waals surface area contributed by atoms with Gasteiger partial charge < -0.3 is 9.73 Å². The van der Waals surface area contributed by atoms with Crippen LogP contribution in [0.5, 0.6) is 0 Å². The molecule has 0 fully saturated rings. The maximum absolute atomic E-state index is 5.25. The first-order valence-corrected chi connectivity index (χ1v) is 4.33. The molecule has 0 radical (unpaired) electrons. The summed E-state index contributed by atoms with van der Waals surface area (Å²) in [6.45, 7) is 0. The van der Waals surface area contributed by atoms with Crippen molar-refractivity contribution >= 4 is 17.4 Å². The third-order valence-electron chi connectivity index (χ3n) is 1.37. The smallest absolute Gasteiger partial charge is 0.315 e. The Kier molecular flexibility index (Phi) is 1.79. The van der Waals surface area contributed by atoms with Gasteiger partial charge in [-0.2, -0.15) is 0 Å². The zero-order valence-electron chi connectivity index (χ0n) is 6.44. The van der Waals surface area contributed by atoms with E-state index in [4.69, 9.17) is 4.42 Å². The van der Waals surface area contributed by atoms with Crippen LogP contribution >= 0.6 is 11.3 Å². The van der Waals surface area contributed by atoms with Gasteiger partial charge in [-0.15, -0.1) is 16.4 Å². The van der Waals surface area contributed by atoms with E-state index in [1.165, 1.54) is 0 Å². The van der Waals surface area contributed by atoms with Gasteiger partial charge in [0, 0.05) is 7.05 Å². The molecule has 0 aromatic carbocycles. The maximum atomic E-state index is 5.25. The molecule has 0 unspecified atom stereocenters. The minimum atomic E-state index is 0.443. The van der Waals surface area contributed by atoms with E-state index in [0.29, 0.717) is 11.9 Å². The Bertz CT molecular complexity index is 354. The van der Waals surface area contributed by atoms with Crippen LogP contribution in [0.4, 0.5) is 6.01 Å². The van der Waals surface area contributed by atoms with Crippen LogP contribution in [-0.2, 0) is 0 Å². The quantitative estimate of drug-likeness (QED) is 0.768. The van der Waals surface area contributed by atoms with Gasteiger partial charge in [0.1, 0.15) is 0 Å². The Hall–Kier alpha value is -1.36. The summed E-state index contributed by atoms with van der Waals surface area (Å²) < 4.78 is 5.25. The van der Waals surface area contributed by atoms with Crippen molar-refractivity contribution in [2.75, 3.05) is 12.4 Å². The highest BCUT2D eigenvalue weighted by molar-refractivity contribution is 7.13. The summed E-state index contributed by atoms with van der Waals surface area (Å²) in [7, 11) is 1.74. The molecule has 0 bridgehead atoms. The van der Waals surface area contributed by atoms with Gasteiger partial charge in [0.25, 0.3) is 5.89 Å². The molecule has 62 valence electrons. The lowest BCUT2D eigenvalue weighted by Gasteiger charge is -1.86. The Morgan fingerprint density at radius 3 is 3.00 bits per heavy atom. The molecule has 0 saturated heterocycles. The van der Waals surface area contributed by atoms with Gasteiger partial charge in [-0.05, 0) is 11.4 Å². The second kappa shape index (κ2) is 2.94. The zero-order chi connectivity index (χ0) is 8.39. The van der Waals surface area contributed by atoms with Gasteiger partial charge in [-0.25, -0.2) is 0 Å². The van der Waals surface area contributed by atoms with Crippen LogP contribution in [0, 0.1) is 0 Å². The van der Waals surface area contributed by atoms with Crippen LogP contribution in [0.25, 0.3) is 10.8 Å². The lowest BCUT2D eigenvalue weighted by molar-refractivity contribution is 0.587. The standard InChI is InChI=1S/C7H7N3OS/c1-8-7-10-9-6(11-7)5-3-2-4-12-5/h2-4H,1H3,(H,8,10). The molecule has 2 aromatic rings. The van der Waals surface area contributed by atoms with Crippen molar-refractivity contribution in [2.45, 2.75) is 0 Å².